The third-order valence-corrected chi connectivity index (χ3v) is 5.71. The molecule has 0 atom stereocenters. The summed E-state index contributed by atoms with van der Waals surface area (Å²) in [6.45, 7) is 3.19. The highest BCUT2D eigenvalue weighted by Crippen LogP contribution is 2.39. The number of nitrogens with zero attached hydrogens (tertiary/aromatic N) is 4. The van der Waals surface area contributed by atoms with Crippen molar-refractivity contribution in [2.45, 2.75) is 44.4 Å². The molecule has 0 bridgehead atoms. The van der Waals surface area contributed by atoms with Gasteiger partial charge in [0.05, 0.1) is 6.54 Å². The number of anilines is 1. The second-order valence-corrected chi connectivity index (χ2v) is 7.35. The molecule has 0 aromatic carbocycles. The number of amides is 1. The highest BCUT2D eigenvalue weighted by atomic mass is 32.1. The van der Waals surface area contributed by atoms with E-state index in [0.29, 0.717) is 12.5 Å². The molecule has 1 saturated heterocycles. The van der Waals surface area contributed by atoms with Crippen LogP contribution in [0.3, 0.4) is 0 Å². The molecule has 114 valence electrons. The largest absolute Gasteiger partial charge is 0.339 e. The summed E-state index contributed by atoms with van der Waals surface area (Å²) < 4.78 is 4.44. The molecule has 0 radical (unpaired) electrons. The van der Waals surface area contributed by atoms with Gasteiger partial charge in [-0.25, -0.2) is 4.98 Å². The van der Waals surface area contributed by atoms with E-state index < -0.39 is 0 Å². The van der Waals surface area contributed by atoms with Crippen LogP contribution in [0, 0.1) is 5.92 Å². The summed E-state index contributed by atoms with van der Waals surface area (Å²) in [5.74, 6) is 2.59. The van der Waals surface area contributed by atoms with Crippen molar-refractivity contribution in [1.82, 2.24) is 14.3 Å². The van der Waals surface area contributed by atoms with Gasteiger partial charge in [0.1, 0.15) is 5.82 Å². The Morgan fingerprint density at radius 3 is 2.67 bits per heavy atom. The molecule has 0 spiro atoms. The smallest absolute Gasteiger partial charge is 0.242 e. The molecule has 1 aromatic rings. The average molecular weight is 306 g/mol. The van der Waals surface area contributed by atoms with Crippen molar-refractivity contribution in [3.05, 3.63) is 5.82 Å². The summed E-state index contributed by atoms with van der Waals surface area (Å²) in [7, 11) is 0. The van der Waals surface area contributed by atoms with Gasteiger partial charge in [-0.3, -0.25) is 4.79 Å². The van der Waals surface area contributed by atoms with E-state index in [1.54, 1.807) is 0 Å². The minimum Gasteiger partial charge on any atom is -0.339 e. The summed E-state index contributed by atoms with van der Waals surface area (Å²) in [6.07, 6.45) is 7.74. The normalized spacial score (nSPS) is 24.1. The third kappa shape index (κ3) is 2.91. The number of rotatable bonds is 4. The van der Waals surface area contributed by atoms with E-state index in [1.807, 2.05) is 0 Å². The zero-order valence-electron chi connectivity index (χ0n) is 12.3. The summed E-state index contributed by atoms with van der Waals surface area (Å²) in [5, 5.41) is 0.936. The van der Waals surface area contributed by atoms with Gasteiger partial charge in [0.15, 0.2) is 0 Å². The number of carbonyl (C=O) groups excluding carboxylic acids is 1. The minimum atomic E-state index is 0.260. The van der Waals surface area contributed by atoms with Gasteiger partial charge in [0, 0.05) is 37.1 Å². The number of carbonyl (C=O) groups is 1. The molecule has 2 aliphatic carbocycles. The second-order valence-electron chi connectivity index (χ2n) is 6.62. The lowest BCUT2D eigenvalue weighted by atomic mass is 10.1. The molecule has 3 fully saturated rings. The first kappa shape index (κ1) is 13.5. The number of aromatic nitrogens is 2. The monoisotopic (exact) mass is 306 g/mol. The van der Waals surface area contributed by atoms with Crippen molar-refractivity contribution in [1.29, 1.82) is 0 Å². The van der Waals surface area contributed by atoms with Crippen molar-refractivity contribution in [2.24, 2.45) is 5.92 Å². The molecule has 4 rings (SSSR count). The molecule has 3 aliphatic rings. The fourth-order valence-corrected chi connectivity index (χ4v) is 4.20. The van der Waals surface area contributed by atoms with Gasteiger partial charge < -0.3 is 9.80 Å². The van der Waals surface area contributed by atoms with Gasteiger partial charge >= 0.3 is 0 Å². The maximum atomic E-state index is 12.4. The Balaban J connectivity index is 1.36. The van der Waals surface area contributed by atoms with E-state index in [1.165, 1.54) is 50.1 Å². The molecule has 5 nitrogen and oxygen atoms in total. The van der Waals surface area contributed by atoms with Crippen LogP contribution in [0.2, 0.25) is 0 Å². The fourth-order valence-electron chi connectivity index (χ4n) is 3.43. The quantitative estimate of drug-likeness (QED) is 0.856. The first-order valence-corrected chi connectivity index (χ1v) is 8.93. The lowest BCUT2D eigenvalue weighted by molar-refractivity contribution is -0.131. The van der Waals surface area contributed by atoms with E-state index in [9.17, 15) is 4.79 Å². The minimum absolute atomic E-state index is 0.260. The van der Waals surface area contributed by atoms with Crippen LogP contribution in [0.5, 0.6) is 0 Å². The molecule has 1 aromatic heterocycles. The molecule has 2 saturated carbocycles. The molecule has 2 heterocycles. The molecule has 0 unspecified atom stereocenters. The first-order valence-electron chi connectivity index (χ1n) is 8.16. The number of hydrogen-bond donors (Lipinski definition) is 0. The molecule has 1 amide bonds. The highest BCUT2D eigenvalue weighted by molar-refractivity contribution is 7.09. The Hall–Kier alpha value is -1.17. The van der Waals surface area contributed by atoms with E-state index in [4.69, 9.17) is 0 Å². The molecule has 1 aliphatic heterocycles. The lowest BCUT2D eigenvalue weighted by Crippen LogP contribution is -2.51. The summed E-state index contributed by atoms with van der Waals surface area (Å²) in [4.78, 5) is 21.2. The van der Waals surface area contributed by atoms with Gasteiger partial charge in [0.25, 0.3) is 0 Å². The first-order chi connectivity index (χ1) is 10.3. The third-order valence-electron chi connectivity index (χ3n) is 4.92. The van der Waals surface area contributed by atoms with Gasteiger partial charge in [-0.1, -0.05) is 12.8 Å². The molecular weight excluding hydrogens is 284 g/mol. The summed E-state index contributed by atoms with van der Waals surface area (Å²) in [5.41, 5.74) is 0. The second kappa shape index (κ2) is 5.55. The Labute approximate surface area is 129 Å². The van der Waals surface area contributed by atoms with Crippen molar-refractivity contribution in [3.63, 3.8) is 0 Å². The predicted octanol–water partition coefficient (Wildman–Crippen LogP) is 2.25. The van der Waals surface area contributed by atoms with Crippen LogP contribution in [0.4, 0.5) is 5.13 Å². The van der Waals surface area contributed by atoms with E-state index in [-0.39, 0.29) is 5.91 Å². The van der Waals surface area contributed by atoms with Crippen LogP contribution >= 0.6 is 11.5 Å². The van der Waals surface area contributed by atoms with E-state index in [0.717, 1.165) is 36.5 Å². The van der Waals surface area contributed by atoms with Gasteiger partial charge in [-0.2, -0.15) is 4.37 Å². The maximum absolute atomic E-state index is 12.4. The molecular formula is C15H22N4OS. The Bertz CT molecular complexity index is 521. The van der Waals surface area contributed by atoms with Crippen molar-refractivity contribution >= 4 is 22.6 Å². The zero-order chi connectivity index (χ0) is 14.2. The molecule has 0 N–H and O–H groups in total. The van der Waals surface area contributed by atoms with Crippen LogP contribution in [0.15, 0.2) is 0 Å². The Morgan fingerprint density at radius 1 is 1.14 bits per heavy atom. The van der Waals surface area contributed by atoms with Crippen LogP contribution in [-0.4, -0.2) is 46.3 Å². The standard InChI is InChI=1S/C15H22N4OS/c20-13-10-19(15-16-14(17-21-15)12-5-6-12)8-7-18(13)9-11-3-1-2-4-11/h11-12H,1-10H2. The van der Waals surface area contributed by atoms with Gasteiger partial charge in [-0.15, -0.1) is 0 Å². The van der Waals surface area contributed by atoms with Crippen LogP contribution in [-0.2, 0) is 4.79 Å². The van der Waals surface area contributed by atoms with Gasteiger partial charge in [-0.05, 0) is 31.6 Å². The van der Waals surface area contributed by atoms with Crippen LogP contribution in [0.25, 0.3) is 0 Å². The summed E-state index contributed by atoms with van der Waals surface area (Å²) in [6, 6.07) is 0. The van der Waals surface area contributed by atoms with Crippen LogP contribution < -0.4 is 4.90 Å². The highest BCUT2D eigenvalue weighted by Gasteiger charge is 2.31. The molecule has 21 heavy (non-hydrogen) atoms. The zero-order valence-corrected chi connectivity index (χ0v) is 13.1. The average Bonchev–Trinajstić information content (AvgIpc) is 3.01. The number of piperazine rings is 1. The van der Waals surface area contributed by atoms with E-state index >= 15 is 0 Å². The number of hydrogen-bond acceptors (Lipinski definition) is 5. The fraction of sp³-hybridized carbons (Fsp3) is 0.800. The Morgan fingerprint density at radius 2 is 1.95 bits per heavy atom. The summed E-state index contributed by atoms with van der Waals surface area (Å²) >= 11 is 1.45. The predicted molar refractivity (Wildman–Crippen MR) is 82.6 cm³/mol. The van der Waals surface area contributed by atoms with E-state index in [2.05, 4.69) is 19.2 Å². The van der Waals surface area contributed by atoms with Crippen molar-refractivity contribution < 1.29 is 4.79 Å². The Kier molecular flexibility index (Phi) is 3.57. The SMILES string of the molecule is O=C1CN(c2nc(C3CC3)ns2)CCN1CC1CCCC1. The molecule has 6 heteroatoms. The van der Waals surface area contributed by atoms with Gasteiger partial charge in [0.2, 0.25) is 11.0 Å². The van der Waals surface area contributed by atoms with Crippen LogP contribution in [0.1, 0.15) is 50.3 Å². The lowest BCUT2D eigenvalue weighted by Gasteiger charge is -2.35. The van der Waals surface area contributed by atoms with Crippen molar-refractivity contribution in [2.75, 3.05) is 31.1 Å². The van der Waals surface area contributed by atoms with Crippen molar-refractivity contribution in [3.8, 4) is 0 Å². The topological polar surface area (TPSA) is 49.3 Å². The maximum Gasteiger partial charge on any atom is 0.242 e.